The molecule has 0 aliphatic carbocycles. The van der Waals surface area contributed by atoms with Crippen molar-refractivity contribution in [2.45, 2.75) is 17.6 Å². The van der Waals surface area contributed by atoms with Gasteiger partial charge in [0.2, 0.25) is 5.91 Å². The van der Waals surface area contributed by atoms with Crippen LogP contribution in [0.3, 0.4) is 0 Å². The molecule has 1 aliphatic heterocycles. The van der Waals surface area contributed by atoms with E-state index in [1.165, 1.54) is 11.8 Å². The number of aromatic nitrogens is 2. The van der Waals surface area contributed by atoms with E-state index in [1.807, 2.05) is 4.57 Å². The molecule has 2 N–H and O–H groups in total. The van der Waals surface area contributed by atoms with Crippen LogP contribution in [0.5, 0.6) is 0 Å². The summed E-state index contributed by atoms with van der Waals surface area (Å²) in [6, 6.07) is -0.0714. The fraction of sp³-hybridized carbons (Fsp3) is 0.556. The summed E-state index contributed by atoms with van der Waals surface area (Å²) < 4.78 is 24.6. The molecule has 1 aliphatic rings. The van der Waals surface area contributed by atoms with Gasteiger partial charge in [0, 0.05) is 12.4 Å². The van der Waals surface area contributed by atoms with Crippen molar-refractivity contribution in [1.82, 2.24) is 9.55 Å². The number of sulfone groups is 1. The van der Waals surface area contributed by atoms with Crippen molar-refractivity contribution in [2.24, 2.45) is 5.73 Å². The zero-order valence-electron chi connectivity index (χ0n) is 9.07. The fourth-order valence-corrected chi connectivity index (χ4v) is 4.30. The van der Waals surface area contributed by atoms with Crippen LogP contribution in [0.25, 0.3) is 0 Å². The SMILES string of the molecule is NC(=O)CSc1nccn1C1CCS(=O)(=O)C1. The lowest BCUT2D eigenvalue weighted by Crippen LogP contribution is -2.15. The third-order valence-corrected chi connectivity index (χ3v) is 5.33. The quantitative estimate of drug-likeness (QED) is 0.769. The summed E-state index contributed by atoms with van der Waals surface area (Å²) in [4.78, 5) is 14.8. The van der Waals surface area contributed by atoms with Gasteiger partial charge in [-0.3, -0.25) is 4.79 Å². The highest BCUT2D eigenvalue weighted by atomic mass is 32.2. The number of primary amides is 1. The number of carbonyl (C=O) groups is 1. The van der Waals surface area contributed by atoms with Gasteiger partial charge in [0.1, 0.15) is 0 Å². The van der Waals surface area contributed by atoms with Gasteiger partial charge in [-0.25, -0.2) is 13.4 Å². The predicted octanol–water partition coefficient (Wildman–Crippen LogP) is -0.180. The largest absolute Gasteiger partial charge is 0.369 e. The number of nitrogens with zero attached hydrogens (tertiary/aromatic N) is 2. The first-order chi connectivity index (χ1) is 7.98. The second-order valence-corrected chi connectivity index (χ2v) is 7.10. The molecule has 0 bridgehead atoms. The Labute approximate surface area is 104 Å². The number of rotatable bonds is 4. The smallest absolute Gasteiger partial charge is 0.227 e. The molecule has 0 spiro atoms. The minimum atomic E-state index is -2.92. The van der Waals surface area contributed by atoms with Crippen LogP contribution in [0.4, 0.5) is 0 Å². The third kappa shape index (κ3) is 3.01. The minimum Gasteiger partial charge on any atom is -0.369 e. The zero-order chi connectivity index (χ0) is 12.5. The Bertz CT molecular complexity index is 523. The third-order valence-electron chi connectivity index (χ3n) is 2.58. The van der Waals surface area contributed by atoms with Gasteiger partial charge in [-0.2, -0.15) is 0 Å². The van der Waals surface area contributed by atoms with Crippen LogP contribution in [0.15, 0.2) is 17.6 Å². The molecule has 17 heavy (non-hydrogen) atoms. The first-order valence-corrected chi connectivity index (χ1v) is 7.93. The Morgan fingerprint density at radius 2 is 2.41 bits per heavy atom. The zero-order valence-corrected chi connectivity index (χ0v) is 10.7. The Morgan fingerprint density at radius 3 is 3.00 bits per heavy atom. The van der Waals surface area contributed by atoms with Crippen molar-refractivity contribution in [3.05, 3.63) is 12.4 Å². The van der Waals surface area contributed by atoms with Crippen molar-refractivity contribution in [3.63, 3.8) is 0 Å². The highest BCUT2D eigenvalue weighted by molar-refractivity contribution is 7.99. The standard InChI is InChI=1S/C9H13N3O3S2/c10-8(13)5-16-9-11-2-3-12(9)7-1-4-17(14,15)6-7/h2-3,7H,1,4-6H2,(H2,10,13). The van der Waals surface area contributed by atoms with Crippen molar-refractivity contribution >= 4 is 27.5 Å². The molecule has 1 aromatic heterocycles. The Hall–Kier alpha value is -1.02. The fourth-order valence-electron chi connectivity index (χ4n) is 1.82. The molecule has 6 nitrogen and oxygen atoms in total. The molecule has 1 aromatic rings. The van der Waals surface area contributed by atoms with Crippen LogP contribution in [0.2, 0.25) is 0 Å². The van der Waals surface area contributed by atoms with E-state index < -0.39 is 15.7 Å². The molecule has 0 aromatic carbocycles. The normalized spacial score (nSPS) is 22.7. The molecule has 0 radical (unpaired) electrons. The van der Waals surface area contributed by atoms with Gasteiger partial charge in [-0.15, -0.1) is 0 Å². The maximum absolute atomic E-state index is 11.4. The average molecular weight is 275 g/mol. The molecule has 1 atom stereocenters. The molecule has 2 heterocycles. The van der Waals surface area contributed by atoms with Crippen LogP contribution in [-0.4, -0.2) is 41.1 Å². The summed E-state index contributed by atoms with van der Waals surface area (Å²) in [5.41, 5.74) is 5.06. The summed E-state index contributed by atoms with van der Waals surface area (Å²) in [5, 5.41) is 0.644. The van der Waals surface area contributed by atoms with E-state index in [9.17, 15) is 13.2 Å². The summed E-state index contributed by atoms with van der Waals surface area (Å²) in [7, 11) is -2.92. The molecule has 2 rings (SSSR count). The lowest BCUT2D eigenvalue weighted by atomic mass is 10.3. The maximum atomic E-state index is 11.4. The molecule has 8 heteroatoms. The number of hydrogen-bond acceptors (Lipinski definition) is 5. The molecule has 1 amide bonds. The van der Waals surface area contributed by atoms with Crippen LogP contribution < -0.4 is 5.73 Å². The van der Waals surface area contributed by atoms with Crippen LogP contribution >= 0.6 is 11.8 Å². The molecule has 0 saturated carbocycles. The number of carbonyl (C=O) groups excluding carboxylic acids is 1. The maximum Gasteiger partial charge on any atom is 0.227 e. The molecular formula is C9H13N3O3S2. The van der Waals surface area contributed by atoms with Gasteiger partial charge in [0.15, 0.2) is 15.0 Å². The van der Waals surface area contributed by atoms with E-state index in [0.717, 1.165) is 0 Å². The molecule has 1 saturated heterocycles. The van der Waals surface area contributed by atoms with E-state index in [2.05, 4.69) is 4.98 Å². The van der Waals surface area contributed by atoms with Gasteiger partial charge < -0.3 is 10.3 Å². The van der Waals surface area contributed by atoms with Crippen molar-refractivity contribution in [2.75, 3.05) is 17.3 Å². The minimum absolute atomic E-state index is 0.0714. The van der Waals surface area contributed by atoms with E-state index in [0.29, 0.717) is 11.6 Å². The number of amides is 1. The summed E-state index contributed by atoms with van der Waals surface area (Å²) >= 11 is 1.23. The Morgan fingerprint density at radius 1 is 1.65 bits per heavy atom. The number of hydrogen-bond donors (Lipinski definition) is 1. The monoisotopic (exact) mass is 275 g/mol. The van der Waals surface area contributed by atoms with Gasteiger partial charge in [-0.1, -0.05) is 11.8 Å². The lowest BCUT2D eigenvalue weighted by molar-refractivity contribution is -0.115. The molecule has 94 valence electrons. The number of thioether (sulfide) groups is 1. The second kappa shape index (κ2) is 4.69. The first-order valence-electron chi connectivity index (χ1n) is 5.12. The van der Waals surface area contributed by atoms with Gasteiger partial charge >= 0.3 is 0 Å². The van der Waals surface area contributed by atoms with E-state index >= 15 is 0 Å². The molecular weight excluding hydrogens is 262 g/mol. The molecule has 1 fully saturated rings. The Kier molecular flexibility index (Phi) is 3.43. The predicted molar refractivity (Wildman–Crippen MR) is 64.5 cm³/mol. The number of nitrogens with two attached hydrogens (primary N) is 1. The van der Waals surface area contributed by atoms with E-state index in [1.54, 1.807) is 12.4 Å². The van der Waals surface area contributed by atoms with Crippen molar-refractivity contribution in [3.8, 4) is 0 Å². The topological polar surface area (TPSA) is 95.1 Å². The summed E-state index contributed by atoms with van der Waals surface area (Å²) in [6.07, 6.45) is 3.95. The first kappa shape index (κ1) is 12.4. The average Bonchev–Trinajstić information content (AvgIpc) is 2.80. The van der Waals surface area contributed by atoms with E-state index in [4.69, 9.17) is 5.73 Å². The summed E-state index contributed by atoms with van der Waals surface area (Å²) in [6.45, 7) is 0. The summed E-state index contributed by atoms with van der Waals surface area (Å²) in [5.74, 6) is 0.100. The van der Waals surface area contributed by atoms with Gasteiger partial charge in [-0.05, 0) is 6.42 Å². The Balaban J connectivity index is 2.12. The van der Waals surface area contributed by atoms with Crippen LogP contribution in [0.1, 0.15) is 12.5 Å². The van der Waals surface area contributed by atoms with Gasteiger partial charge in [0.25, 0.3) is 0 Å². The second-order valence-electron chi connectivity index (χ2n) is 3.93. The lowest BCUT2D eigenvalue weighted by Gasteiger charge is -2.12. The van der Waals surface area contributed by atoms with Crippen molar-refractivity contribution in [1.29, 1.82) is 0 Å². The van der Waals surface area contributed by atoms with Crippen molar-refractivity contribution < 1.29 is 13.2 Å². The highest BCUT2D eigenvalue weighted by Crippen LogP contribution is 2.28. The van der Waals surface area contributed by atoms with Crippen LogP contribution in [0, 0.1) is 0 Å². The van der Waals surface area contributed by atoms with E-state index in [-0.39, 0.29) is 23.3 Å². The van der Waals surface area contributed by atoms with Gasteiger partial charge in [0.05, 0.1) is 23.3 Å². The number of imidazole rings is 1. The highest BCUT2D eigenvalue weighted by Gasteiger charge is 2.30. The molecule has 1 unspecified atom stereocenters. The van der Waals surface area contributed by atoms with Crippen LogP contribution in [-0.2, 0) is 14.6 Å².